The minimum atomic E-state index is -1.07. The second-order valence-electron chi connectivity index (χ2n) is 6.26. The number of nitrogens with zero attached hydrogens (tertiary/aromatic N) is 2. The van der Waals surface area contributed by atoms with Gasteiger partial charge in [0.1, 0.15) is 12.1 Å². The quantitative estimate of drug-likeness (QED) is 0.711. The molecule has 1 fully saturated rings. The number of carbonyl (C=O) groups excluding carboxylic acids is 2. The van der Waals surface area contributed by atoms with E-state index < -0.39 is 12.1 Å². The fraction of sp³-hybridized carbons (Fsp3) is 0.611. The van der Waals surface area contributed by atoms with Crippen LogP contribution in [0.4, 0.5) is 0 Å². The molecule has 2 rings (SSSR count). The van der Waals surface area contributed by atoms with Crippen molar-refractivity contribution in [1.29, 1.82) is 0 Å². The summed E-state index contributed by atoms with van der Waals surface area (Å²) < 4.78 is 0. The highest BCUT2D eigenvalue weighted by Crippen LogP contribution is 2.20. The maximum atomic E-state index is 12.8. The monoisotopic (exact) mass is 333 g/mol. The molecule has 1 aromatic rings. The average Bonchev–Trinajstić information content (AvgIpc) is 3.14. The van der Waals surface area contributed by atoms with E-state index in [-0.39, 0.29) is 11.8 Å². The standard InChI is InChI=1S/C18H27N3O3/c1-2-3-4-7-15(22)20-16(18(24)21-12-5-6-13-21)17(23)14-8-10-19-11-9-14/h8-11,16-17,23H,2-7,12-13H2,1H3,(H,20,22)/t16?,17-/m0/s1. The normalized spacial score (nSPS) is 16.7. The van der Waals surface area contributed by atoms with Gasteiger partial charge >= 0.3 is 0 Å². The average molecular weight is 333 g/mol. The first-order valence-corrected chi connectivity index (χ1v) is 8.79. The van der Waals surface area contributed by atoms with Crippen LogP contribution in [0.1, 0.15) is 57.1 Å². The lowest BCUT2D eigenvalue weighted by atomic mass is 10.0. The van der Waals surface area contributed by atoms with Crippen LogP contribution in [0.3, 0.4) is 0 Å². The maximum absolute atomic E-state index is 12.8. The summed E-state index contributed by atoms with van der Waals surface area (Å²) in [7, 11) is 0. The van der Waals surface area contributed by atoms with E-state index in [1.54, 1.807) is 29.4 Å². The first-order valence-electron chi connectivity index (χ1n) is 8.79. The summed E-state index contributed by atoms with van der Waals surface area (Å²) in [5.74, 6) is -0.394. The molecule has 0 aromatic carbocycles. The molecule has 2 heterocycles. The Morgan fingerprint density at radius 2 is 1.92 bits per heavy atom. The zero-order valence-electron chi connectivity index (χ0n) is 14.3. The highest BCUT2D eigenvalue weighted by Gasteiger charge is 2.33. The van der Waals surface area contributed by atoms with Gasteiger partial charge in [-0.25, -0.2) is 0 Å². The lowest BCUT2D eigenvalue weighted by Crippen LogP contribution is -2.51. The number of pyridine rings is 1. The van der Waals surface area contributed by atoms with Gasteiger partial charge in [0, 0.05) is 31.9 Å². The minimum Gasteiger partial charge on any atom is -0.386 e. The van der Waals surface area contributed by atoms with Gasteiger partial charge in [0.25, 0.3) is 0 Å². The van der Waals surface area contributed by atoms with Crippen molar-refractivity contribution >= 4 is 11.8 Å². The molecule has 1 saturated heterocycles. The zero-order valence-corrected chi connectivity index (χ0v) is 14.3. The van der Waals surface area contributed by atoms with Gasteiger partial charge in [-0.2, -0.15) is 0 Å². The number of aliphatic hydroxyl groups is 1. The molecule has 2 amide bonds. The van der Waals surface area contributed by atoms with E-state index in [0.717, 1.165) is 32.1 Å². The van der Waals surface area contributed by atoms with E-state index in [1.165, 1.54) is 0 Å². The van der Waals surface area contributed by atoms with Gasteiger partial charge in [0.2, 0.25) is 11.8 Å². The van der Waals surface area contributed by atoms with Crippen molar-refractivity contribution in [2.45, 2.75) is 57.6 Å². The van der Waals surface area contributed by atoms with Gasteiger partial charge in [-0.3, -0.25) is 14.6 Å². The first kappa shape index (κ1) is 18.4. The molecule has 6 heteroatoms. The second-order valence-corrected chi connectivity index (χ2v) is 6.26. The molecule has 2 N–H and O–H groups in total. The van der Waals surface area contributed by atoms with Crippen molar-refractivity contribution in [2.75, 3.05) is 13.1 Å². The van der Waals surface area contributed by atoms with Crippen molar-refractivity contribution in [2.24, 2.45) is 0 Å². The Balaban J connectivity index is 2.08. The molecule has 0 spiro atoms. The summed E-state index contributed by atoms with van der Waals surface area (Å²) >= 11 is 0. The van der Waals surface area contributed by atoms with E-state index in [9.17, 15) is 14.7 Å². The van der Waals surface area contributed by atoms with Gasteiger partial charge in [-0.15, -0.1) is 0 Å². The van der Waals surface area contributed by atoms with Crippen molar-refractivity contribution in [3.8, 4) is 0 Å². The first-order chi connectivity index (χ1) is 11.6. The molecule has 0 radical (unpaired) electrons. The maximum Gasteiger partial charge on any atom is 0.248 e. The number of rotatable bonds is 8. The number of amides is 2. The Labute approximate surface area is 143 Å². The Morgan fingerprint density at radius 3 is 2.54 bits per heavy atom. The van der Waals surface area contributed by atoms with Gasteiger partial charge in [0.05, 0.1) is 0 Å². The number of aliphatic hydroxyl groups excluding tert-OH is 1. The smallest absolute Gasteiger partial charge is 0.248 e. The molecule has 1 aromatic heterocycles. The molecule has 1 aliphatic rings. The van der Waals surface area contributed by atoms with Crippen LogP contribution in [0.25, 0.3) is 0 Å². The van der Waals surface area contributed by atoms with Crippen LogP contribution in [-0.4, -0.2) is 45.9 Å². The van der Waals surface area contributed by atoms with Crippen LogP contribution >= 0.6 is 0 Å². The molecular weight excluding hydrogens is 306 g/mol. The molecular formula is C18H27N3O3. The predicted octanol–water partition coefficient (Wildman–Crippen LogP) is 1.80. The Bertz CT molecular complexity index is 530. The molecule has 1 aliphatic heterocycles. The lowest BCUT2D eigenvalue weighted by Gasteiger charge is -2.28. The summed E-state index contributed by atoms with van der Waals surface area (Å²) in [4.78, 5) is 30.6. The molecule has 132 valence electrons. The molecule has 24 heavy (non-hydrogen) atoms. The van der Waals surface area contributed by atoms with Gasteiger partial charge < -0.3 is 15.3 Å². The van der Waals surface area contributed by atoms with Gasteiger partial charge in [-0.1, -0.05) is 19.8 Å². The third-order valence-electron chi connectivity index (χ3n) is 4.37. The summed E-state index contributed by atoms with van der Waals surface area (Å²) in [6.07, 6.45) is 7.17. The third-order valence-corrected chi connectivity index (χ3v) is 4.37. The number of nitrogens with one attached hydrogen (secondary N) is 1. The SMILES string of the molecule is CCCCCC(=O)NC(C(=O)N1CCCC1)[C@@H](O)c1ccncc1. The molecule has 2 atom stereocenters. The van der Waals surface area contributed by atoms with E-state index >= 15 is 0 Å². The number of hydrogen-bond donors (Lipinski definition) is 2. The number of hydrogen-bond acceptors (Lipinski definition) is 4. The van der Waals surface area contributed by atoms with Crippen LogP contribution in [0.15, 0.2) is 24.5 Å². The van der Waals surface area contributed by atoms with E-state index in [4.69, 9.17) is 0 Å². The van der Waals surface area contributed by atoms with E-state index in [1.807, 2.05) is 0 Å². The Morgan fingerprint density at radius 1 is 1.25 bits per heavy atom. The largest absolute Gasteiger partial charge is 0.386 e. The second kappa shape index (κ2) is 9.37. The Kier molecular flexibility index (Phi) is 7.18. The number of unbranched alkanes of at least 4 members (excludes halogenated alkanes) is 2. The lowest BCUT2D eigenvalue weighted by molar-refractivity contribution is -0.139. The molecule has 0 aliphatic carbocycles. The molecule has 0 bridgehead atoms. The van der Waals surface area contributed by atoms with Gasteiger partial charge in [0.15, 0.2) is 0 Å². The highest BCUT2D eigenvalue weighted by molar-refractivity contribution is 5.88. The topological polar surface area (TPSA) is 82.5 Å². The van der Waals surface area contributed by atoms with E-state index in [2.05, 4.69) is 17.2 Å². The minimum absolute atomic E-state index is 0.186. The van der Waals surface area contributed by atoms with Crippen LogP contribution in [0.5, 0.6) is 0 Å². The molecule has 1 unspecified atom stereocenters. The van der Waals surface area contributed by atoms with Crippen LogP contribution < -0.4 is 5.32 Å². The number of aromatic nitrogens is 1. The van der Waals surface area contributed by atoms with Crippen molar-refractivity contribution < 1.29 is 14.7 Å². The zero-order chi connectivity index (χ0) is 17.4. The van der Waals surface area contributed by atoms with Crippen molar-refractivity contribution in [1.82, 2.24) is 15.2 Å². The van der Waals surface area contributed by atoms with Crippen LogP contribution in [0.2, 0.25) is 0 Å². The summed E-state index contributed by atoms with van der Waals surface area (Å²) in [5, 5.41) is 13.4. The Hall–Kier alpha value is -1.95. The number of carbonyl (C=O) groups is 2. The summed E-state index contributed by atoms with van der Waals surface area (Å²) in [6, 6.07) is 2.38. The fourth-order valence-electron chi connectivity index (χ4n) is 2.94. The molecule has 6 nitrogen and oxygen atoms in total. The van der Waals surface area contributed by atoms with E-state index in [0.29, 0.717) is 25.1 Å². The van der Waals surface area contributed by atoms with Crippen molar-refractivity contribution in [3.05, 3.63) is 30.1 Å². The summed E-state index contributed by atoms with van der Waals surface area (Å²) in [6.45, 7) is 3.44. The van der Waals surface area contributed by atoms with Crippen molar-refractivity contribution in [3.63, 3.8) is 0 Å². The number of likely N-dealkylation sites (tertiary alicyclic amines) is 1. The van der Waals surface area contributed by atoms with Crippen LogP contribution in [0, 0.1) is 0 Å². The fourth-order valence-corrected chi connectivity index (χ4v) is 2.94. The third kappa shape index (κ3) is 5.03. The highest BCUT2D eigenvalue weighted by atomic mass is 16.3. The predicted molar refractivity (Wildman–Crippen MR) is 91.1 cm³/mol. The summed E-state index contributed by atoms with van der Waals surface area (Å²) in [5.41, 5.74) is 0.580. The van der Waals surface area contributed by atoms with Crippen LogP contribution in [-0.2, 0) is 9.59 Å². The van der Waals surface area contributed by atoms with Gasteiger partial charge in [-0.05, 0) is 37.0 Å². The molecule has 0 saturated carbocycles.